The van der Waals surface area contributed by atoms with Crippen LogP contribution < -0.4 is 5.32 Å². The van der Waals surface area contributed by atoms with Gasteiger partial charge in [0, 0.05) is 17.8 Å². The largest absolute Gasteiger partial charge is 0.322 e. The highest BCUT2D eigenvalue weighted by atomic mass is 19.1. The van der Waals surface area contributed by atoms with Crippen LogP contribution in [-0.4, -0.2) is 23.5 Å². The number of halogens is 1. The molecule has 0 aromatic heterocycles. The van der Waals surface area contributed by atoms with Gasteiger partial charge < -0.3 is 10.2 Å². The van der Waals surface area contributed by atoms with E-state index in [-0.39, 0.29) is 17.9 Å². The van der Waals surface area contributed by atoms with E-state index in [1.807, 2.05) is 23.1 Å². The number of urea groups is 1. The topological polar surface area (TPSA) is 32.3 Å². The summed E-state index contributed by atoms with van der Waals surface area (Å²) < 4.78 is 13.4. The van der Waals surface area contributed by atoms with E-state index >= 15 is 0 Å². The van der Waals surface area contributed by atoms with Gasteiger partial charge in [0.15, 0.2) is 0 Å². The summed E-state index contributed by atoms with van der Waals surface area (Å²) >= 11 is 0. The number of nitrogens with zero attached hydrogens (tertiary/aromatic N) is 1. The van der Waals surface area contributed by atoms with Gasteiger partial charge in [0.2, 0.25) is 0 Å². The second-order valence-electron chi connectivity index (χ2n) is 7.82. The number of para-hydroxylation sites is 1. The maximum absolute atomic E-state index is 13.4. The summed E-state index contributed by atoms with van der Waals surface area (Å²) in [4.78, 5) is 15.0. The molecule has 0 saturated carbocycles. The van der Waals surface area contributed by atoms with Crippen LogP contribution in [0.2, 0.25) is 0 Å². The van der Waals surface area contributed by atoms with Crippen molar-refractivity contribution in [3.05, 3.63) is 65.5 Å². The summed E-state index contributed by atoms with van der Waals surface area (Å²) in [6, 6.07) is 14.4. The molecule has 0 bridgehead atoms. The summed E-state index contributed by atoms with van der Waals surface area (Å²) in [5.41, 5.74) is 3.90. The first kappa shape index (κ1) is 20.1. The van der Waals surface area contributed by atoms with Crippen molar-refractivity contribution in [1.82, 2.24) is 4.90 Å². The van der Waals surface area contributed by atoms with Gasteiger partial charge in [-0.1, -0.05) is 57.5 Å². The van der Waals surface area contributed by atoms with Gasteiger partial charge >= 0.3 is 6.03 Å². The van der Waals surface area contributed by atoms with Crippen LogP contribution in [0.25, 0.3) is 11.6 Å². The fourth-order valence-electron chi connectivity index (χ4n) is 3.72. The Bertz CT molecular complexity index is 842. The van der Waals surface area contributed by atoms with Gasteiger partial charge in [-0.25, -0.2) is 9.18 Å². The van der Waals surface area contributed by atoms with Crippen LogP contribution in [0.15, 0.2) is 48.5 Å². The number of hydrogen-bond acceptors (Lipinski definition) is 1. The SMILES string of the molecule is CCCCN1C(=O)Nc2ccccc2/C(=C/c2ccc(F)cc2)C1CC(C)C. The van der Waals surface area contributed by atoms with Crippen LogP contribution in [0.3, 0.4) is 0 Å². The molecular formula is C24H29FN2O. The summed E-state index contributed by atoms with van der Waals surface area (Å²) in [6.45, 7) is 7.22. The highest BCUT2D eigenvalue weighted by Gasteiger charge is 2.32. The maximum atomic E-state index is 13.4. The first-order chi connectivity index (χ1) is 13.5. The molecule has 148 valence electrons. The molecule has 0 fully saturated rings. The quantitative estimate of drug-likeness (QED) is 0.615. The Labute approximate surface area is 167 Å². The molecule has 0 radical (unpaired) electrons. The van der Waals surface area contributed by atoms with Crippen LogP contribution in [0.5, 0.6) is 0 Å². The molecule has 1 atom stereocenters. The number of anilines is 1. The molecule has 4 heteroatoms. The van der Waals surface area contributed by atoms with Crippen molar-refractivity contribution in [3.8, 4) is 0 Å². The second-order valence-corrected chi connectivity index (χ2v) is 7.82. The molecule has 2 aromatic rings. The number of rotatable bonds is 6. The smallest absolute Gasteiger partial charge is 0.317 e. The monoisotopic (exact) mass is 380 g/mol. The average molecular weight is 381 g/mol. The summed E-state index contributed by atoms with van der Waals surface area (Å²) in [7, 11) is 0. The molecule has 0 spiro atoms. The number of hydrogen-bond donors (Lipinski definition) is 1. The third kappa shape index (κ3) is 4.61. The van der Waals surface area contributed by atoms with Gasteiger partial charge in [0.25, 0.3) is 0 Å². The van der Waals surface area contributed by atoms with E-state index in [4.69, 9.17) is 0 Å². The number of amides is 2. The third-order valence-corrected chi connectivity index (χ3v) is 5.12. The first-order valence-electron chi connectivity index (χ1n) is 10.1. The Morgan fingerprint density at radius 3 is 2.54 bits per heavy atom. The van der Waals surface area contributed by atoms with Crippen molar-refractivity contribution in [1.29, 1.82) is 0 Å². The zero-order chi connectivity index (χ0) is 20.1. The zero-order valence-corrected chi connectivity index (χ0v) is 16.9. The summed E-state index contributed by atoms with van der Waals surface area (Å²) in [5.74, 6) is 0.187. The molecule has 3 nitrogen and oxygen atoms in total. The van der Waals surface area contributed by atoms with Crippen LogP contribution in [-0.2, 0) is 0 Å². The van der Waals surface area contributed by atoms with Crippen LogP contribution in [0.4, 0.5) is 14.9 Å². The number of fused-ring (bicyclic) bond motifs is 1. The molecule has 2 aromatic carbocycles. The minimum atomic E-state index is -0.247. The van der Waals surface area contributed by atoms with Gasteiger partial charge in [-0.2, -0.15) is 0 Å². The minimum absolute atomic E-state index is 0.0275. The summed E-state index contributed by atoms with van der Waals surface area (Å²) in [5, 5.41) is 3.10. The van der Waals surface area contributed by atoms with Crippen LogP contribution in [0, 0.1) is 11.7 Å². The molecule has 1 N–H and O–H groups in total. The van der Waals surface area contributed by atoms with E-state index in [2.05, 4.69) is 38.2 Å². The second kappa shape index (κ2) is 9.05. The van der Waals surface area contributed by atoms with E-state index in [1.165, 1.54) is 12.1 Å². The van der Waals surface area contributed by atoms with Crippen molar-refractivity contribution in [2.24, 2.45) is 5.92 Å². The number of carbonyl (C=O) groups is 1. The lowest BCUT2D eigenvalue weighted by atomic mass is 9.89. The molecule has 1 unspecified atom stereocenters. The molecule has 3 rings (SSSR count). The van der Waals surface area contributed by atoms with Gasteiger partial charge in [-0.05, 0) is 54.2 Å². The number of benzene rings is 2. The Balaban J connectivity index is 2.15. The van der Waals surface area contributed by atoms with Gasteiger partial charge in [-0.15, -0.1) is 0 Å². The van der Waals surface area contributed by atoms with Gasteiger partial charge in [0.05, 0.1) is 6.04 Å². The van der Waals surface area contributed by atoms with Gasteiger partial charge in [-0.3, -0.25) is 0 Å². The highest BCUT2D eigenvalue weighted by molar-refractivity contribution is 6.00. The third-order valence-electron chi connectivity index (χ3n) is 5.12. The van der Waals surface area contributed by atoms with E-state index in [1.54, 1.807) is 12.1 Å². The highest BCUT2D eigenvalue weighted by Crippen LogP contribution is 2.36. The molecule has 1 aliphatic heterocycles. The van der Waals surface area contributed by atoms with E-state index in [0.717, 1.165) is 41.6 Å². The standard InChI is InChI=1S/C24H29FN2O/c1-4-5-14-27-23(15-17(2)3)21(16-18-10-12-19(25)13-11-18)20-8-6-7-9-22(20)26-24(27)28/h6-13,16-17,23H,4-5,14-15H2,1-3H3,(H,26,28)/b21-16-. The number of carbonyl (C=O) groups excluding carboxylic acids is 1. The molecular weight excluding hydrogens is 351 g/mol. The Hall–Kier alpha value is -2.62. The predicted octanol–water partition coefficient (Wildman–Crippen LogP) is 6.43. The van der Waals surface area contributed by atoms with Crippen molar-refractivity contribution in [3.63, 3.8) is 0 Å². The van der Waals surface area contributed by atoms with E-state index < -0.39 is 0 Å². The fraction of sp³-hybridized carbons (Fsp3) is 0.375. The lowest BCUT2D eigenvalue weighted by Crippen LogP contribution is -2.43. The zero-order valence-electron chi connectivity index (χ0n) is 16.9. The minimum Gasteiger partial charge on any atom is -0.317 e. The average Bonchev–Trinajstić information content (AvgIpc) is 2.77. The van der Waals surface area contributed by atoms with Crippen molar-refractivity contribution >= 4 is 23.4 Å². The number of unbranched alkanes of at least 4 members (excludes halogenated alkanes) is 1. The van der Waals surface area contributed by atoms with E-state index in [9.17, 15) is 9.18 Å². The van der Waals surface area contributed by atoms with E-state index in [0.29, 0.717) is 12.5 Å². The molecule has 0 saturated heterocycles. The fourth-order valence-corrected chi connectivity index (χ4v) is 3.72. The molecule has 1 heterocycles. The molecule has 1 aliphatic rings. The molecule has 2 amide bonds. The maximum Gasteiger partial charge on any atom is 0.322 e. The van der Waals surface area contributed by atoms with Crippen LogP contribution in [0.1, 0.15) is 51.2 Å². The van der Waals surface area contributed by atoms with Crippen molar-refractivity contribution in [2.75, 3.05) is 11.9 Å². The lowest BCUT2D eigenvalue weighted by molar-refractivity contribution is 0.194. The Kier molecular flexibility index (Phi) is 6.50. The van der Waals surface area contributed by atoms with Crippen molar-refractivity contribution < 1.29 is 9.18 Å². The Morgan fingerprint density at radius 2 is 1.86 bits per heavy atom. The van der Waals surface area contributed by atoms with Crippen LogP contribution >= 0.6 is 0 Å². The Morgan fingerprint density at radius 1 is 1.14 bits per heavy atom. The summed E-state index contributed by atoms with van der Waals surface area (Å²) in [6.07, 6.45) is 4.97. The lowest BCUT2D eigenvalue weighted by Gasteiger charge is -2.32. The first-order valence-corrected chi connectivity index (χ1v) is 10.1. The predicted molar refractivity (Wildman–Crippen MR) is 115 cm³/mol. The normalized spacial score (nSPS) is 18.2. The number of nitrogens with one attached hydrogen (secondary N) is 1. The molecule has 0 aliphatic carbocycles. The molecule has 28 heavy (non-hydrogen) atoms. The van der Waals surface area contributed by atoms with Gasteiger partial charge in [0.1, 0.15) is 5.82 Å². The van der Waals surface area contributed by atoms with Crippen molar-refractivity contribution in [2.45, 2.75) is 46.1 Å².